The Kier molecular flexibility index (Phi) is 12.7. The molecule has 17 heavy (non-hydrogen) atoms. The minimum absolute atomic E-state index is 0.0392. The molecular formula is C15H28O2. The van der Waals surface area contributed by atoms with Crippen LogP contribution in [0.5, 0.6) is 0 Å². The van der Waals surface area contributed by atoms with E-state index >= 15 is 0 Å². The molecule has 0 bridgehead atoms. The molecule has 0 aromatic rings. The Morgan fingerprint density at radius 1 is 1.06 bits per heavy atom. The largest absolute Gasteiger partial charge is 0.466 e. The van der Waals surface area contributed by atoms with E-state index in [-0.39, 0.29) is 5.97 Å². The summed E-state index contributed by atoms with van der Waals surface area (Å²) in [5, 5.41) is 0. The van der Waals surface area contributed by atoms with Crippen molar-refractivity contribution >= 4 is 5.97 Å². The Bertz CT molecular complexity index is 187. The minimum Gasteiger partial charge on any atom is -0.466 e. The van der Waals surface area contributed by atoms with E-state index in [1.165, 1.54) is 32.1 Å². The van der Waals surface area contributed by atoms with E-state index in [0.29, 0.717) is 13.0 Å². The third kappa shape index (κ3) is 13.1. The van der Waals surface area contributed by atoms with Crippen molar-refractivity contribution in [2.45, 2.75) is 71.1 Å². The van der Waals surface area contributed by atoms with Crippen molar-refractivity contribution in [2.24, 2.45) is 0 Å². The van der Waals surface area contributed by atoms with Crippen LogP contribution in [0.3, 0.4) is 0 Å². The zero-order chi connectivity index (χ0) is 12.8. The number of allylic oxidation sites excluding steroid dienone is 1. The highest BCUT2D eigenvalue weighted by Crippen LogP contribution is 2.06. The van der Waals surface area contributed by atoms with Gasteiger partial charge in [0.15, 0.2) is 0 Å². The lowest BCUT2D eigenvalue weighted by Gasteiger charge is -2.04. The summed E-state index contributed by atoms with van der Waals surface area (Å²) in [6.45, 7) is 6.47. The summed E-state index contributed by atoms with van der Waals surface area (Å²) in [6, 6.07) is 0. The lowest BCUT2D eigenvalue weighted by atomic mass is 10.1. The van der Waals surface area contributed by atoms with Crippen molar-refractivity contribution in [3.05, 3.63) is 12.7 Å². The van der Waals surface area contributed by atoms with E-state index in [1.807, 2.05) is 6.08 Å². The second-order valence-electron chi connectivity index (χ2n) is 4.52. The second-order valence-corrected chi connectivity index (χ2v) is 4.52. The number of hydrogen-bond donors (Lipinski definition) is 0. The fraction of sp³-hybridized carbons (Fsp3) is 0.800. The Morgan fingerprint density at radius 2 is 1.76 bits per heavy atom. The highest BCUT2D eigenvalue weighted by Gasteiger charge is 2.01. The normalized spacial score (nSPS) is 10.2. The molecule has 0 atom stereocenters. The molecule has 0 aliphatic carbocycles. The van der Waals surface area contributed by atoms with E-state index in [4.69, 9.17) is 4.74 Å². The Hall–Kier alpha value is -0.790. The zero-order valence-corrected chi connectivity index (χ0v) is 11.4. The standard InChI is InChI=1S/C15H28O2/c1-3-5-7-9-10-12-14-17-15(16)13-11-8-6-4-2/h4H,2-3,5-14H2,1H3. The first-order valence-corrected chi connectivity index (χ1v) is 7.07. The smallest absolute Gasteiger partial charge is 0.305 e. The molecule has 0 radical (unpaired) electrons. The number of ether oxygens (including phenoxy) is 1. The molecular weight excluding hydrogens is 212 g/mol. The van der Waals surface area contributed by atoms with Crippen molar-refractivity contribution < 1.29 is 9.53 Å². The van der Waals surface area contributed by atoms with Crippen molar-refractivity contribution in [1.82, 2.24) is 0 Å². The number of unbranched alkanes of at least 4 members (excludes halogenated alkanes) is 7. The van der Waals surface area contributed by atoms with Gasteiger partial charge in [-0.05, 0) is 25.7 Å². The van der Waals surface area contributed by atoms with Gasteiger partial charge in [0, 0.05) is 6.42 Å². The van der Waals surface area contributed by atoms with Gasteiger partial charge < -0.3 is 4.74 Å². The summed E-state index contributed by atoms with van der Waals surface area (Å²) < 4.78 is 5.16. The molecule has 2 heteroatoms. The average Bonchev–Trinajstić information content (AvgIpc) is 2.33. The molecule has 0 fully saturated rings. The van der Waals surface area contributed by atoms with Crippen LogP contribution in [0.4, 0.5) is 0 Å². The minimum atomic E-state index is -0.0392. The molecule has 0 amide bonds. The van der Waals surface area contributed by atoms with Crippen molar-refractivity contribution in [3.63, 3.8) is 0 Å². The van der Waals surface area contributed by atoms with Gasteiger partial charge in [-0.3, -0.25) is 4.79 Å². The molecule has 0 aromatic heterocycles. The molecule has 0 aliphatic heterocycles. The molecule has 100 valence electrons. The summed E-state index contributed by atoms with van der Waals surface area (Å²) in [4.78, 5) is 11.3. The average molecular weight is 240 g/mol. The Balaban J connectivity index is 3.13. The van der Waals surface area contributed by atoms with E-state index in [9.17, 15) is 4.79 Å². The van der Waals surface area contributed by atoms with Crippen LogP contribution in [0.15, 0.2) is 12.7 Å². The van der Waals surface area contributed by atoms with Crippen molar-refractivity contribution in [2.75, 3.05) is 6.61 Å². The Labute approximate surface area is 106 Å². The maximum atomic E-state index is 11.3. The predicted octanol–water partition coefficient (Wildman–Crippen LogP) is 4.64. The van der Waals surface area contributed by atoms with Gasteiger partial charge in [0.05, 0.1) is 6.61 Å². The second kappa shape index (κ2) is 13.3. The number of carbonyl (C=O) groups excluding carboxylic acids is 1. The van der Waals surface area contributed by atoms with Crippen LogP contribution in [0, 0.1) is 0 Å². The van der Waals surface area contributed by atoms with E-state index in [1.54, 1.807) is 0 Å². The highest BCUT2D eigenvalue weighted by molar-refractivity contribution is 5.69. The fourth-order valence-electron chi connectivity index (χ4n) is 1.70. The molecule has 0 aliphatic rings. The number of carbonyl (C=O) groups is 1. The maximum absolute atomic E-state index is 11.3. The first kappa shape index (κ1) is 16.2. The van der Waals surface area contributed by atoms with Gasteiger partial charge in [-0.1, -0.05) is 45.1 Å². The third-order valence-corrected chi connectivity index (χ3v) is 2.80. The molecule has 0 rings (SSSR count). The summed E-state index contributed by atoms with van der Waals surface area (Å²) in [5.74, 6) is -0.0392. The highest BCUT2D eigenvalue weighted by atomic mass is 16.5. The first-order valence-electron chi connectivity index (χ1n) is 7.07. The fourth-order valence-corrected chi connectivity index (χ4v) is 1.70. The van der Waals surface area contributed by atoms with Crippen molar-refractivity contribution in [1.29, 1.82) is 0 Å². The van der Waals surface area contributed by atoms with Crippen LogP contribution in [0.25, 0.3) is 0 Å². The number of rotatable bonds is 12. The third-order valence-electron chi connectivity index (χ3n) is 2.80. The van der Waals surface area contributed by atoms with Gasteiger partial charge in [0.25, 0.3) is 0 Å². The van der Waals surface area contributed by atoms with Crippen LogP contribution >= 0.6 is 0 Å². The van der Waals surface area contributed by atoms with Crippen molar-refractivity contribution in [3.8, 4) is 0 Å². The molecule has 0 N–H and O–H groups in total. The topological polar surface area (TPSA) is 26.3 Å². The molecule has 0 unspecified atom stereocenters. The molecule has 0 spiro atoms. The Morgan fingerprint density at radius 3 is 2.47 bits per heavy atom. The summed E-state index contributed by atoms with van der Waals surface area (Å²) >= 11 is 0. The maximum Gasteiger partial charge on any atom is 0.305 e. The van der Waals surface area contributed by atoms with Crippen LogP contribution in [-0.4, -0.2) is 12.6 Å². The van der Waals surface area contributed by atoms with Crippen LogP contribution in [0.1, 0.15) is 71.1 Å². The lowest BCUT2D eigenvalue weighted by Crippen LogP contribution is -2.05. The summed E-state index contributed by atoms with van der Waals surface area (Å²) in [6.07, 6.45) is 12.8. The quantitative estimate of drug-likeness (QED) is 0.282. The summed E-state index contributed by atoms with van der Waals surface area (Å²) in [5.41, 5.74) is 0. The van der Waals surface area contributed by atoms with Gasteiger partial charge >= 0.3 is 5.97 Å². The SMILES string of the molecule is C=CCCCCC(=O)OCCCCCCCC. The van der Waals surface area contributed by atoms with Gasteiger partial charge in [-0.2, -0.15) is 0 Å². The molecule has 0 heterocycles. The molecule has 0 saturated carbocycles. The molecule has 0 saturated heterocycles. The van der Waals surface area contributed by atoms with E-state index in [2.05, 4.69) is 13.5 Å². The van der Waals surface area contributed by atoms with Crippen LogP contribution < -0.4 is 0 Å². The number of esters is 1. The van der Waals surface area contributed by atoms with Gasteiger partial charge in [-0.15, -0.1) is 6.58 Å². The summed E-state index contributed by atoms with van der Waals surface area (Å²) in [7, 11) is 0. The zero-order valence-electron chi connectivity index (χ0n) is 11.4. The van der Waals surface area contributed by atoms with E-state index in [0.717, 1.165) is 25.7 Å². The monoisotopic (exact) mass is 240 g/mol. The van der Waals surface area contributed by atoms with Gasteiger partial charge in [0.1, 0.15) is 0 Å². The van der Waals surface area contributed by atoms with Crippen LogP contribution in [-0.2, 0) is 9.53 Å². The molecule has 2 nitrogen and oxygen atoms in total. The predicted molar refractivity (Wildman–Crippen MR) is 73.0 cm³/mol. The number of hydrogen-bond acceptors (Lipinski definition) is 2. The van der Waals surface area contributed by atoms with E-state index < -0.39 is 0 Å². The molecule has 0 aromatic carbocycles. The van der Waals surface area contributed by atoms with Gasteiger partial charge in [-0.25, -0.2) is 0 Å². The van der Waals surface area contributed by atoms with Gasteiger partial charge in [0.2, 0.25) is 0 Å². The van der Waals surface area contributed by atoms with Crippen LogP contribution in [0.2, 0.25) is 0 Å². The lowest BCUT2D eigenvalue weighted by molar-refractivity contribution is -0.143. The first-order chi connectivity index (χ1) is 8.31.